The molecule has 0 aliphatic rings. The predicted octanol–water partition coefficient (Wildman–Crippen LogP) is 3.15. The molecule has 0 spiro atoms. The minimum Gasteiger partial charge on any atom is -0.396 e. The van der Waals surface area contributed by atoms with Crippen molar-refractivity contribution in [3.63, 3.8) is 0 Å². The summed E-state index contributed by atoms with van der Waals surface area (Å²) in [6, 6.07) is 1.13. The molecule has 0 radical (unpaired) electrons. The van der Waals surface area contributed by atoms with Crippen LogP contribution in [0.25, 0.3) is 0 Å². The van der Waals surface area contributed by atoms with Gasteiger partial charge in [0.2, 0.25) is 0 Å². The van der Waals surface area contributed by atoms with Crippen LogP contribution in [-0.4, -0.2) is 24.3 Å². The van der Waals surface area contributed by atoms with Crippen LogP contribution in [0.1, 0.15) is 19.8 Å². The Morgan fingerprint density at radius 3 is 2.50 bits per heavy atom. The summed E-state index contributed by atoms with van der Waals surface area (Å²) in [5, 5.41) is 13.4. The normalized spacial score (nSPS) is 12.1. The van der Waals surface area contributed by atoms with Crippen LogP contribution in [0.4, 0.5) is 19.3 Å². The van der Waals surface area contributed by atoms with E-state index in [1.54, 1.807) is 0 Å². The molecule has 20 heavy (non-hydrogen) atoms. The Morgan fingerprint density at radius 1 is 1.40 bits per heavy atom. The molecule has 2 amide bonds. The highest BCUT2D eigenvalue weighted by Crippen LogP contribution is 2.23. The van der Waals surface area contributed by atoms with Gasteiger partial charge in [0.05, 0.1) is 0 Å². The minimum absolute atomic E-state index is 0.0300. The molecule has 0 aliphatic heterocycles. The van der Waals surface area contributed by atoms with Crippen molar-refractivity contribution in [1.29, 1.82) is 0 Å². The van der Waals surface area contributed by atoms with Gasteiger partial charge in [-0.2, -0.15) is 0 Å². The molecular formula is C13H17ClF2N2O2. The topological polar surface area (TPSA) is 61.4 Å². The zero-order valence-corrected chi connectivity index (χ0v) is 11.8. The molecule has 3 N–H and O–H groups in total. The van der Waals surface area contributed by atoms with Crippen molar-refractivity contribution >= 4 is 23.3 Å². The Kier molecular flexibility index (Phi) is 6.67. The lowest BCUT2D eigenvalue weighted by atomic mass is 10.0. The molecule has 112 valence electrons. The number of benzene rings is 1. The number of urea groups is 1. The van der Waals surface area contributed by atoms with Gasteiger partial charge in [0.15, 0.2) is 11.6 Å². The quantitative estimate of drug-likeness (QED) is 0.756. The summed E-state index contributed by atoms with van der Waals surface area (Å²) in [4.78, 5) is 11.6. The number of aliphatic hydroxyl groups is 1. The number of nitrogens with one attached hydrogen (secondary N) is 2. The lowest BCUT2D eigenvalue weighted by molar-refractivity contribution is 0.238. The Hall–Kier alpha value is -1.40. The van der Waals surface area contributed by atoms with E-state index in [-0.39, 0.29) is 17.5 Å². The molecule has 0 heterocycles. The number of rotatable bonds is 6. The van der Waals surface area contributed by atoms with Gasteiger partial charge >= 0.3 is 6.03 Å². The average molecular weight is 307 g/mol. The summed E-state index contributed by atoms with van der Waals surface area (Å²) in [7, 11) is 0. The fourth-order valence-electron chi connectivity index (χ4n) is 1.69. The van der Waals surface area contributed by atoms with E-state index in [9.17, 15) is 13.6 Å². The summed E-state index contributed by atoms with van der Waals surface area (Å²) in [6.07, 6.45) is 1.34. The van der Waals surface area contributed by atoms with E-state index >= 15 is 0 Å². The van der Waals surface area contributed by atoms with E-state index in [4.69, 9.17) is 16.7 Å². The van der Waals surface area contributed by atoms with Crippen LogP contribution < -0.4 is 10.6 Å². The lowest BCUT2D eigenvalue weighted by Crippen LogP contribution is -2.33. The van der Waals surface area contributed by atoms with Gasteiger partial charge < -0.3 is 15.7 Å². The third-order valence-corrected chi connectivity index (χ3v) is 3.13. The Morgan fingerprint density at radius 2 is 2.00 bits per heavy atom. The first-order valence-electron chi connectivity index (χ1n) is 6.28. The maximum atomic E-state index is 13.5. The average Bonchev–Trinajstić information content (AvgIpc) is 2.38. The molecular weight excluding hydrogens is 290 g/mol. The second-order valence-corrected chi connectivity index (χ2v) is 4.80. The van der Waals surface area contributed by atoms with Gasteiger partial charge in [-0.1, -0.05) is 24.9 Å². The van der Waals surface area contributed by atoms with Crippen LogP contribution in [0.3, 0.4) is 0 Å². The van der Waals surface area contributed by atoms with Gasteiger partial charge in [-0.15, -0.1) is 0 Å². The number of hydrogen-bond donors (Lipinski definition) is 3. The van der Waals surface area contributed by atoms with E-state index in [0.717, 1.165) is 18.6 Å². The summed E-state index contributed by atoms with van der Waals surface area (Å²) in [6.45, 7) is 2.28. The number of hydrogen-bond acceptors (Lipinski definition) is 2. The number of halogens is 3. The van der Waals surface area contributed by atoms with Gasteiger partial charge in [-0.3, -0.25) is 0 Å². The Labute approximate surface area is 121 Å². The minimum atomic E-state index is -0.937. The molecule has 0 fully saturated rings. The molecule has 7 heteroatoms. The van der Waals surface area contributed by atoms with Crippen LogP contribution in [0.5, 0.6) is 0 Å². The highest BCUT2D eigenvalue weighted by atomic mass is 35.5. The molecule has 0 saturated heterocycles. The van der Waals surface area contributed by atoms with Crippen LogP contribution in [0.2, 0.25) is 5.02 Å². The maximum absolute atomic E-state index is 13.5. The largest absolute Gasteiger partial charge is 0.396 e. The van der Waals surface area contributed by atoms with Crippen molar-refractivity contribution < 1.29 is 18.7 Å². The predicted molar refractivity (Wildman–Crippen MR) is 73.9 cm³/mol. The van der Waals surface area contributed by atoms with E-state index in [0.29, 0.717) is 13.0 Å². The SMILES string of the molecule is CCC(CCO)CNC(=O)Nc1c(F)cc(Cl)cc1F. The standard InChI is InChI=1S/C13H17ClF2N2O2/c1-2-8(3-4-19)7-17-13(20)18-12-10(15)5-9(14)6-11(12)16/h5-6,8,19H,2-4,7H2,1H3,(H2,17,18,20). The van der Waals surface area contributed by atoms with Crippen molar-refractivity contribution in [2.24, 2.45) is 5.92 Å². The van der Waals surface area contributed by atoms with E-state index < -0.39 is 23.4 Å². The zero-order chi connectivity index (χ0) is 15.1. The van der Waals surface area contributed by atoms with Gasteiger partial charge in [0.25, 0.3) is 0 Å². The van der Waals surface area contributed by atoms with E-state index in [1.165, 1.54) is 0 Å². The second-order valence-electron chi connectivity index (χ2n) is 4.37. The van der Waals surface area contributed by atoms with E-state index in [1.807, 2.05) is 6.92 Å². The highest BCUT2D eigenvalue weighted by molar-refractivity contribution is 6.30. The van der Waals surface area contributed by atoms with Gasteiger partial charge in [-0.25, -0.2) is 13.6 Å². The molecule has 1 aromatic rings. The molecule has 4 nitrogen and oxygen atoms in total. The van der Waals surface area contributed by atoms with Crippen molar-refractivity contribution in [2.75, 3.05) is 18.5 Å². The molecule has 0 saturated carbocycles. The first-order chi connectivity index (χ1) is 9.47. The molecule has 1 aromatic carbocycles. The van der Waals surface area contributed by atoms with Crippen molar-refractivity contribution in [3.8, 4) is 0 Å². The van der Waals surface area contributed by atoms with Crippen LogP contribution in [-0.2, 0) is 0 Å². The summed E-state index contributed by atoms with van der Waals surface area (Å²) >= 11 is 5.48. The second kappa shape index (κ2) is 8.01. The first-order valence-corrected chi connectivity index (χ1v) is 6.66. The highest BCUT2D eigenvalue weighted by Gasteiger charge is 2.14. The fourth-order valence-corrected chi connectivity index (χ4v) is 1.88. The number of aliphatic hydroxyl groups excluding tert-OH is 1. The first kappa shape index (κ1) is 16.7. The van der Waals surface area contributed by atoms with E-state index in [2.05, 4.69) is 10.6 Å². The number of carbonyl (C=O) groups is 1. The third kappa shape index (κ3) is 4.94. The van der Waals surface area contributed by atoms with Crippen LogP contribution in [0, 0.1) is 17.6 Å². The molecule has 0 bridgehead atoms. The lowest BCUT2D eigenvalue weighted by Gasteiger charge is -2.15. The number of anilines is 1. The smallest absolute Gasteiger partial charge is 0.319 e. The zero-order valence-electron chi connectivity index (χ0n) is 11.0. The molecule has 0 aliphatic carbocycles. The third-order valence-electron chi connectivity index (χ3n) is 2.91. The van der Waals surface area contributed by atoms with Crippen molar-refractivity contribution in [2.45, 2.75) is 19.8 Å². The van der Waals surface area contributed by atoms with Crippen LogP contribution in [0.15, 0.2) is 12.1 Å². The van der Waals surface area contributed by atoms with Crippen molar-refractivity contribution in [3.05, 3.63) is 28.8 Å². The van der Waals surface area contributed by atoms with Gasteiger partial charge in [0, 0.05) is 18.2 Å². The fraction of sp³-hybridized carbons (Fsp3) is 0.462. The molecule has 0 aromatic heterocycles. The monoisotopic (exact) mass is 306 g/mol. The summed E-state index contributed by atoms with van der Waals surface area (Å²) < 4.78 is 26.9. The number of amides is 2. The number of carbonyl (C=O) groups excluding carboxylic acids is 1. The molecule has 1 atom stereocenters. The van der Waals surface area contributed by atoms with Crippen molar-refractivity contribution in [1.82, 2.24) is 5.32 Å². The molecule has 1 rings (SSSR count). The Bertz CT molecular complexity index is 449. The Balaban J connectivity index is 2.59. The summed E-state index contributed by atoms with van der Waals surface area (Å²) in [5.74, 6) is -1.76. The summed E-state index contributed by atoms with van der Waals surface area (Å²) in [5.41, 5.74) is -0.540. The van der Waals surface area contributed by atoms with Crippen LogP contribution >= 0.6 is 11.6 Å². The molecule has 1 unspecified atom stereocenters. The maximum Gasteiger partial charge on any atom is 0.319 e. The van der Waals surface area contributed by atoms with Gasteiger partial charge in [-0.05, 0) is 24.5 Å². The van der Waals surface area contributed by atoms with Gasteiger partial charge in [0.1, 0.15) is 5.69 Å².